The molecule has 11 heteroatoms. The third kappa shape index (κ3) is 6.67. The molecule has 35 heavy (non-hydrogen) atoms. The van der Waals surface area contributed by atoms with E-state index in [0.29, 0.717) is 23.0 Å². The molecule has 0 saturated carbocycles. The predicted molar refractivity (Wildman–Crippen MR) is 130 cm³/mol. The monoisotopic (exact) mass is 479 g/mol. The summed E-state index contributed by atoms with van der Waals surface area (Å²) in [6, 6.07) is 10.2. The van der Waals surface area contributed by atoms with Gasteiger partial charge in [-0.2, -0.15) is 0 Å². The maximum atomic E-state index is 12.4. The quantitative estimate of drug-likeness (QED) is 0.223. The molecule has 0 aliphatic heterocycles. The second-order valence-corrected chi connectivity index (χ2v) is 7.87. The molecule has 11 nitrogen and oxygen atoms in total. The Hall–Kier alpha value is -4.67. The van der Waals surface area contributed by atoms with Gasteiger partial charge in [0.2, 0.25) is 5.95 Å². The van der Waals surface area contributed by atoms with Gasteiger partial charge in [-0.15, -0.1) is 6.58 Å². The molecule has 3 aromatic rings. The van der Waals surface area contributed by atoms with Gasteiger partial charge in [-0.05, 0) is 54.8 Å². The molecule has 0 aliphatic rings. The SMILES string of the molecule is C=CC(Cc1ccc2nc(N)[nH]c(=O)c2c1)Nc1ccc(C(=O)N[C@@H](CCC(=O)O)C(=O)O)cc1. The number of nitrogens with zero attached hydrogens (tertiary/aromatic N) is 1. The Bertz CT molecular complexity index is 1320. The molecule has 0 saturated heterocycles. The van der Waals surface area contributed by atoms with Gasteiger partial charge >= 0.3 is 11.9 Å². The lowest BCUT2D eigenvalue weighted by molar-refractivity contribution is -0.140. The Morgan fingerprint density at radius 1 is 1.14 bits per heavy atom. The molecule has 1 heterocycles. The summed E-state index contributed by atoms with van der Waals surface area (Å²) < 4.78 is 0. The molecule has 0 spiro atoms. The van der Waals surface area contributed by atoms with E-state index in [-0.39, 0.29) is 36.0 Å². The van der Waals surface area contributed by atoms with Crippen LogP contribution in [-0.2, 0) is 16.0 Å². The minimum absolute atomic E-state index is 0.0526. The number of nitrogens with one attached hydrogen (secondary N) is 3. The molecule has 1 amide bonds. The molecular weight excluding hydrogens is 454 g/mol. The van der Waals surface area contributed by atoms with Gasteiger partial charge in [-0.25, -0.2) is 9.78 Å². The van der Waals surface area contributed by atoms with Crippen LogP contribution in [0.3, 0.4) is 0 Å². The highest BCUT2D eigenvalue weighted by Crippen LogP contribution is 2.17. The smallest absolute Gasteiger partial charge is 0.326 e. The fraction of sp³-hybridized carbons (Fsp3) is 0.208. The van der Waals surface area contributed by atoms with E-state index in [1.54, 1.807) is 30.3 Å². The minimum atomic E-state index is -1.30. The maximum absolute atomic E-state index is 12.4. The number of aromatic nitrogens is 2. The van der Waals surface area contributed by atoms with Crippen LogP contribution in [0.5, 0.6) is 0 Å². The molecule has 0 bridgehead atoms. The lowest BCUT2D eigenvalue weighted by Crippen LogP contribution is -2.41. The lowest BCUT2D eigenvalue weighted by Gasteiger charge is -2.17. The van der Waals surface area contributed by atoms with Crippen LogP contribution < -0.4 is 21.9 Å². The van der Waals surface area contributed by atoms with Crippen molar-refractivity contribution in [3.05, 3.63) is 76.6 Å². The first kappa shape index (κ1) is 25.0. The van der Waals surface area contributed by atoms with E-state index in [4.69, 9.17) is 10.8 Å². The number of benzene rings is 2. The van der Waals surface area contributed by atoms with Crippen molar-refractivity contribution in [2.75, 3.05) is 11.1 Å². The van der Waals surface area contributed by atoms with Crippen LogP contribution in [0.25, 0.3) is 10.9 Å². The van der Waals surface area contributed by atoms with Crippen LogP contribution in [0.1, 0.15) is 28.8 Å². The first-order chi connectivity index (χ1) is 16.7. The summed E-state index contributed by atoms with van der Waals surface area (Å²) in [4.78, 5) is 53.1. The number of H-pyrrole nitrogens is 1. The topological polar surface area (TPSA) is 187 Å². The first-order valence-electron chi connectivity index (χ1n) is 10.7. The zero-order chi connectivity index (χ0) is 25.5. The molecule has 1 aromatic heterocycles. The molecule has 0 fully saturated rings. The number of hydrogen-bond acceptors (Lipinski definition) is 7. The van der Waals surface area contributed by atoms with Crippen molar-refractivity contribution in [1.29, 1.82) is 0 Å². The summed E-state index contributed by atoms with van der Waals surface area (Å²) in [7, 11) is 0. The van der Waals surface area contributed by atoms with Gasteiger partial charge in [-0.3, -0.25) is 19.4 Å². The molecule has 0 radical (unpaired) electrons. The van der Waals surface area contributed by atoms with Crippen LogP contribution in [0, 0.1) is 0 Å². The van der Waals surface area contributed by atoms with Crippen molar-refractivity contribution in [2.24, 2.45) is 0 Å². The standard InChI is InChI=1S/C24H25N5O6/c1-2-15(11-13-3-8-18-17(12-13)22(33)29-24(25)28-18)26-16-6-4-14(5-7-16)21(32)27-19(23(34)35)9-10-20(30)31/h2-8,12,15,19,26H,1,9-11H2,(H,27,32)(H,30,31)(H,34,35)(H3,25,28,29,33)/t15?,19-/m0/s1. The number of rotatable bonds is 11. The van der Waals surface area contributed by atoms with E-state index in [1.807, 2.05) is 6.07 Å². The molecule has 3 rings (SSSR count). The van der Waals surface area contributed by atoms with Gasteiger partial charge in [-0.1, -0.05) is 12.1 Å². The number of carbonyl (C=O) groups is 3. The van der Waals surface area contributed by atoms with E-state index in [9.17, 15) is 24.3 Å². The number of carboxylic acid groups (broad SMARTS) is 2. The van der Waals surface area contributed by atoms with Crippen LogP contribution in [0.2, 0.25) is 0 Å². The molecule has 182 valence electrons. The van der Waals surface area contributed by atoms with E-state index >= 15 is 0 Å². The van der Waals surface area contributed by atoms with Gasteiger partial charge in [0.05, 0.1) is 10.9 Å². The van der Waals surface area contributed by atoms with E-state index in [1.165, 1.54) is 12.1 Å². The van der Waals surface area contributed by atoms with Crippen LogP contribution >= 0.6 is 0 Å². The Labute approximate surface area is 199 Å². The third-order valence-corrected chi connectivity index (χ3v) is 5.28. The van der Waals surface area contributed by atoms with Crippen molar-refractivity contribution in [3.63, 3.8) is 0 Å². The molecular formula is C24H25N5O6. The van der Waals surface area contributed by atoms with Gasteiger partial charge in [0, 0.05) is 23.7 Å². The number of aromatic amines is 1. The molecule has 2 atom stereocenters. The Balaban J connectivity index is 1.65. The van der Waals surface area contributed by atoms with E-state index in [0.717, 1.165) is 5.56 Å². The summed E-state index contributed by atoms with van der Waals surface area (Å²) in [6.45, 7) is 3.85. The second kappa shape index (κ2) is 11.0. The number of fused-ring (bicyclic) bond motifs is 1. The molecule has 2 aromatic carbocycles. The predicted octanol–water partition coefficient (Wildman–Crippen LogP) is 1.76. The molecule has 1 unspecified atom stereocenters. The molecule has 0 aliphatic carbocycles. The van der Waals surface area contributed by atoms with E-state index in [2.05, 4.69) is 27.2 Å². The van der Waals surface area contributed by atoms with Crippen molar-refractivity contribution in [1.82, 2.24) is 15.3 Å². The number of hydrogen-bond donors (Lipinski definition) is 6. The van der Waals surface area contributed by atoms with Crippen molar-refractivity contribution in [3.8, 4) is 0 Å². The fourth-order valence-corrected chi connectivity index (χ4v) is 3.48. The number of amides is 1. The Kier molecular flexibility index (Phi) is 7.82. The van der Waals surface area contributed by atoms with Crippen molar-refractivity contribution >= 4 is 40.4 Å². The molecule has 7 N–H and O–H groups in total. The summed E-state index contributed by atoms with van der Waals surface area (Å²) in [5.41, 5.74) is 7.56. The highest BCUT2D eigenvalue weighted by atomic mass is 16.4. The Morgan fingerprint density at radius 2 is 1.86 bits per heavy atom. The third-order valence-electron chi connectivity index (χ3n) is 5.28. The Morgan fingerprint density at radius 3 is 2.49 bits per heavy atom. The lowest BCUT2D eigenvalue weighted by atomic mass is 10.0. The number of anilines is 2. The maximum Gasteiger partial charge on any atom is 0.326 e. The largest absolute Gasteiger partial charge is 0.481 e. The average molecular weight is 479 g/mol. The van der Waals surface area contributed by atoms with Crippen molar-refractivity contribution in [2.45, 2.75) is 31.3 Å². The zero-order valence-corrected chi connectivity index (χ0v) is 18.7. The number of carboxylic acids is 2. The van der Waals surface area contributed by atoms with Crippen molar-refractivity contribution < 1.29 is 24.6 Å². The second-order valence-electron chi connectivity index (χ2n) is 7.87. The number of nitrogen functional groups attached to an aromatic ring is 1. The van der Waals surface area contributed by atoms with Gasteiger partial charge in [0.25, 0.3) is 11.5 Å². The fourth-order valence-electron chi connectivity index (χ4n) is 3.48. The highest BCUT2D eigenvalue weighted by Gasteiger charge is 2.21. The number of nitrogens with two attached hydrogens (primary N) is 1. The minimum Gasteiger partial charge on any atom is -0.481 e. The van der Waals surface area contributed by atoms with Gasteiger partial charge in [0.1, 0.15) is 6.04 Å². The number of aliphatic carboxylic acids is 2. The van der Waals surface area contributed by atoms with Gasteiger partial charge in [0.15, 0.2) is 0 Å². The summed E-state index contributed by atoms with van der Waals surface area (Å²) >= 11 is 0. The van der Waals surface area contributed by atoms with Crippen LogP contribution in [0.4, 0.5) is 11.6 Å². The first-order valence-corrected chi connectivity index (χ1v) is 10.7. The van der Waals surface area contributed by atoms with Gasteiger partial charge < -0.3 is 26.6 Å². The average Bonchev–Trinajstić information content (AvgIpc) is 2.81. The number of carbonyl (C=O) groups excluding carboxylic acids is 1. The normalized spacial score (nSPS) is 12.5. The van der Waals surface area contributed by atoms with Crippen LogP contribution in [-0.4, -0.2) is 50.1 Å². The summed E-state index contributed by atoms with van der Waals surface area (Å²) in [6.07, 6.45) is 1.64. The highest BCUT2D eigenvalue weighted by molar-refractivity contribution is 5.97. The summed E-state index contributed by atoms with van der Waals surface area (Å²) in [5, 5.41) is 24.0. The van der Waals surface area contributed by atoms with E-state index < -0.39 is 23.9 Å². The zero-order valence-electron chi connectivity index (χ0n) is 18.7. The summed E-state index contributed by atoms with van der Waals surface area (Å²) in [5.74, 6) is -3.02. The van der Waals surface area contributed by atoms with Crippen LogP contribution in [0.15, 0.2) is 59.9 Å².